The molecule has 0 spiro atoms. The van der Waals surface area contributed by atoms with Gasteiger partial charge in [0.15, 0.2) is 12.6 Å². The molecule has 0 aromatic rings. The second kappa shape index (κ2) is 16.3. The van der Waals surface area contributed by atoms with Crippen molar-refractivity contribution in [3.63, 3.8) is 0 Å². The van der Waals surface area contributed by atoms with Crippen LogP contribution in [0.1, 0.15) is 34.1 Å². The molecule has 44 heavy (non-hydrogen) atoms. The van der Waals surface area contributed by atoms with E-state index in [2.05, 4.69) is 10.5 Å². The first-order valence-corrected chi connectivity index (χ1v) is 14.4. The molecule has 3 rings (SSSR count). The Morgan fingerprint density at radius 1 is 0.886 bits per heavy atom. The van der Waals surface area contributed by atoms with Gasteiger partial charge in [0.2, 0.25) is 12.2 Å². The van der Waals surface area contributed by atoms with Crippen LogP contribution >= 0.6 is 0 Å². The predicted octanol–water partition coefficient (Wildman–Crippen LogP) is -4.98. The fourth-order valence-corrected chi connectivity index (χ4v) is 5.32. The highest BCUT2D eigenvalue weighted by Gasteiger charge is 2.53. The molecular formula is C26H46N2O16. The lowest BCUT2D eigenvalue weighted by Gasteiger charge is -2.48. The Bertz CT molecular complexity index is 942. The summed E-state index contributed by atoms with van der Waals surface area (Å²) < 4.78 is 28.7. The lowest BCUT2D eigenvalue weighted by Crippen LogP contribution is -2.67. The van der Waals surface area contributed by atoms with Crippen LogP contribution in [0.4, 0.5) is 0 Å². The molecule has 6 unspecified atom stereocenters. The standard InChI is InChI=1S/C26H46N2O16/c1-9(2)28-44-25-17(27-11(4)32)20(37)23(15(8-31)40-25)43-26-21(38)24(19(36)14(7-30)39-26)42-16-5-12(33)10(3)22(41-16)18(35)13(34)6-29/h10,12-26,29-31,33-38H,5-8H2,1-4H3,(H,27,32)/t10-,12?,13-,14?,15?,16-,17?,18-,19+,20-,21?,22?,23-,24+,25+,26+/m1/s1. The van der Waals surface area contributed by atoms with E-state index >= 15 is 0 Å². The summed E-state index contributed by atoms with van der Waals surface area (Å²) in [6.45, 7) is 3.74. The van der Waals surface area contributed by atoms with Crippen molar-refractivity contribution < 1.29 is 79.3 Å². The largest absolute Gasteiger partial charge is 0.394 e. The average Bonchev–Trinajstić information content (AvgIpc) is 2.98. The minimum absolute atomic E-state index is 0.174. The fraction of sp³-hybridized carbons (Fsp3) is 0.923. The van der Waals surface area contributed by atoms with E-state index in [0.29, 0.717) is 5.71 Å². The zero-order valence-corrected chi connectivity index (χ0v) is 24.9. The molecule has 3 heterocycles. The van der Waals surface area contributed by atoms with Crippen molar-refractivity contribution >= 4 is 11.6 Å². The van der Waals surface area contributed by atoms with Gasteiger partial charge in [0, 0.05) is 19.3 Å². The number of carbonyl (C=O) groups excluding carboxylic acids is 1. The van der Waals surface area contributed by atoms with Crippen LogP contribution in [-0.4, -0.2) is 169 Å². The molecule has 0 aromatic carbocycles. The maximum Gasteiger partial charge on any atom is 0.250 e. The number of ether oxygens (including phenoxy) is 5. The van der Waals surface area contributed by atoms with Crippen LogP contribution in [0, 0.1) is 5.92 Å². The second-order valence-electron chi connectivity index (χ2n) is 11.4. The summed E-state index contributed by atoms with van der Waals surface area (Å²) in [5, 5.41) is 99.5. The van der Waals surface area contributed by atoms with E-state index in [1.54, 1.807) is 20.8 Å². The molecule has 3 aliphatic heterocycles. The number of nitrogens with zero attached hydrogens (tertiary/aromatic N) is 1. The summed E-state index contributed by atoms with van der Waals surface area (Å²) in [5.41, 5.74) is 0.497. The van der Waals surface area contributed by atoms with E-state index in [1.807, 2.05) is 0 Å². The number of aliphatic hydroxyl groups is 9. The van der Waals surface area contributed by atoms with E-state index in [-0.39, 0.29) is 6.42 Å². The minimum Gasteiger partial charge on any atom is -0.394 e. The number of carbonyl (C=O) groups is 1. The first kappa shape index (κ1) is 36.8. The lowest BCUT2D eigenvalue weighted by atomic mass is 9.87. The van der Waals surface area contributed by atoms with Crippen LogP contribution in [0.3, 0.4) is 0 Å². The summed E-state index contributed by atoms with van der Waals surface area (Å²) in [6, 6.07) is -1.26. The number of aliphatic hydroxyl groups excluding tert-OH is 9. The molecule has 0 aromatic heterocycles. The maximum absolute atomic E-state index is 11.9. The normalized spacial score (nSPS) is 42.7. The Balaban J connectivity index is 1.81. The third kappa shape index (κ3) is 8.59. The Hall–Kier alpha value is -1.62. The third-order valence-corrected chi connectivity index (χ3v) is 7.77. The van der Waals surface area contributed by atoms with Crippen LogP contribution in [0.15, 0.2) is 5.16 Å². The van der Waals surface area contributed by atoms with Gasteiger partial charge in [0.05, 0.1) is 37.7 Å². The van der Waals surface area contributed by atoms with Crippen LogP contribution in [0.25, 0.3) is 0 Å². The Morgan fingerprint density at radius 2 is 1.52 bits per heavy atom. The van der Waals surface area contributed by atoms with E-state index in [0.717, 1.165) is 0 Å². The number of oxime groups is 1. The van der Waals surface area contributed by atoms with Gasteiger partial charge >= 0.3 is 0 Å². The van der Waals surface area contributed by atoms with Crippen LogP contribution < -0.4 is 5.32 Å². The van der Waals surface area contributed by atoms with Gasteiger partial charge in [-0.2, -0.15) is 0 Å². The molecule has 16 atom stereocenters. The lowest BCUT2D eigenvalue weighted by molar-refractivity contribution is -0.367. The predicted molar refractivity (Wildman–Crippen MR) is 144 cm³/mol. The van der Waals surface area contributed by atoms with Crippen molar-refractivity contribution in [2.75, 3.05) is 19.8 Å². The van der Waals surface area contributed by atoms with Crippen molar-refractivity contribution in [2.24, 2.45) is 11.1 Å². The fourth-order valence-electron chi connectivity index (χ4n) is 5.32. The number of hydrogen-bond acceptors (Lipinski definition) is 17. The smallest absolute Gasteiger partial charge is 0.250 e. The molecule has 3 saturated heterocycles. The minimum atomic E-state index is -1.83. The van der Waals surface area contributed by atoms with Crippen LogP contribution in [0.2, 0.25) is 0 Å². The molecule has 1 amide bonds. The van der Waals surface area contributed by atoms with Crippen LogP contribution in [0.5, 0.6) is 0 Å². The highest BCUT2D eigenvalue weighted by Crippen LogP contribution is 2.34. The number of rotatable bonds is 12. The van der Waals surface area contributed by atoms with E-state index in [9.17, 15) is 50.8 Å². The summed E-state index contributed by atoms with van der Waals surface area (Å²) >= 11 is 0. The zero-order valence-electron chi connectivity index (χ0n) is 24.9. The molecule has 0 radical (unpaired) electrons. The van der Waals surface area contributed by atoms with Gasteiger partial charge in [-0.1, -0.05) is 12.1 Å². The van der Waals surface area contributed by atoms with E-state index < -0.39 is 124 Å². The summed E-state index contributed by atoms with van der Waals surface area (Å²) in [6.07, 6.45) is -20.9. The van der Waals surface area contributed by atoms with Crippen molar-refractivity contribution in [1.29, 1.82) is 0 Å². The summed E-state index contributed by atoms with van der Waals surface area (Å²) in [4.78, 5) is 17.2. The second-order valence-corrected chi connectivity index (χ2v) is 11.4. The molecule has 3 aliphatic rings. The van der Waals surface area contributed by atoms with Gasteiger partial charge in [-0.3, -0.25) is 4.79 Å². The maximum atomic E-state index is 11.9. The molecule has 3 fully saturated rings. The highest BCUT2D eigenvalue weighted by atomic mass is 16.8. The monoisotopic (exact) mass is 642 g/mol. The molecule has 0 aliphatic carbocycles. The highest BCUT2D eigenvalue weighted by molar-refractivity contribution is 5.78. The average molecular weight is 643 g/mol. The topological polar surface area (TPSA) is 279 Å². The van der Waals surface area contributed by atoms with Gasteiger partial charge in [-0.05, 0) is 13.8 Å². The summed E-state index contributed by atoms with van der Waals surface area (Å²) in [7, 11) is 0. The van der Waals surface area contributed by atoms with Crippen molar-refractivity contribution in [3.05, 3.63) is 0 Å². The Labute approximate surface area is 253 Å². The zero-order chi connectivity index (χ0) is 32.9. The summed E-state index contributed by atoms with van der Waals surface area (Å²) in [5.74, 6) is -1.26. The molecular weight excluding hydrogens is 596 g/mol. The number of hydrogen-bond donors (Lipinski definition) is 10. The molecule has 10 N–H and O–H groups in total. The Kier molecular flexibility index (Phi) is 13.6. The SMILES string of the molecule is CC(=O)NC1[C@H](ON=C(C)C)OC(CO)[C@@H](O[C@@H]2OC(CO)[C@H](O)[C@H](O[C@@H]3CC(O)[C@@H](C)C([C@H](O)[C@H](O)CO)O3)C2O)[C@@H]1O. The van der Waals surface area contributed by atoms with Crippen molar-refractivity contribution in [2.45, 2.75) is 126 Å². The van der Waals surface area contributed by atoms with Gasteiger partial charge in [-0.25, -0.2) is 0 Å². The molecule has 256 valence electrons. The first-order valence-electron chi connectivity index (χ1n) is 14.4. The van der Waals surface area contributed by atoms with Crippen LogP contribution in [-0.2, 0) is 33.3 Å². The molecule has 0 bridgehead atoms. The van der Waals surface area contributed by atoms with E-state index in [1.165, 1.54) is 6.92 Å². The third-order valence-electron chi connectivity index (χ3n) is 7.77. The van der Waals surface area contributed by atoms with Gasteiger partial charge in [-0.15, -0.1) is 0 Å². The molecule has 18 nitrogen and oxygen atoms in total. The quantitative estimate of drug-likeness (QED) is 0.0705. The van der Waals surface area contributed by atoms with Gasteiger partial charge < -0.3 is 79.8 Å². The van der Waals surface area contributed by atoms with Gasteiger partial charge in [0.25, 0.3) is 0 Å². The molecule has 18 heteroatoms. The van der Waals surface area contributed by atoms with E-state index in [4.69, 9.17) is 28.5 Å². The van der Waals surface area contributed by atoms with Gasteiger partial charge in [0.1, 0.15) is 61.0 Å². The number of amides is 1. The first-order chi connectivity index (χ1) is 20.7. The molecule has 0 saturated carbocycles. The van der Waals surface area contributed by atoms with Crippen molar-refractivity contribution in [3.8, 4) is 0 Å². The van der Waals surface area contributed by atoms with Crippen molar-refractivity contribution in [1.82, 2.24) is 5.32 Å². The Morgan fingerprint density at radius 3 is 2.09 bits per heavy atom. The number of nitrogens with one attached hydrogen (secondary N) is 1.